The molecule has 0 unspecified atom stereocenters. The van der Waals surface area contributed by atoms with Crippen LogP contribution in [0.15, 0.2) is 66.7 Å². The molecule has 1 aromatic heterocycles. The Kier molecular flexibility index (Phi) is 3.29. The number of rotatable bonds is 2. The van der Waals surface area contributed by atoms with Gasteiger partial charge in [-0.15, -0.1) is 0 Å². The molecule has 26 heavy (non-hydrogen) atoms. The Labute approximate surface area is 153 Å². The van der Waals surface area contributed by atoms with Gasteiger partial charge in [-0.1, -0.05) is 72.3 Å². The van der Waals surface area contributed by atoms with Crippen LogP contribution in [0.3, 0.4) is 0 Å². The first-order chi connectivity index (χ1) is 12.7. The zero-order valence-electron chi connectivity index (χ0n) is 15.0. The van der Waals surface area contributed by atoms with Gasteiger partial charge in [0, 0.05) is 10.9 Å². The molecule has 124 valence electrons. The quantitative estimate of drug-likeness (QED) is 0.351. The van der Waals surface area contributed by atoms with Crippen molar-refractivity contribution in [2.75, 3.05) is 0 Å². The summed E-state index contributed by atoms with van der Waals surface area (Å²) in [5, 5.41) is 1.28. The molecule has 1 heterocycles. The van der Waals surface area contributed by atoms with Crippen molar-refractivity contribution in [3.8, 4) is 22.4 Å². The summed E-state index contributed by atoms with van der Waals surface area (Å²) in [5.74, 6) is 0. The van der Waals surface area contributed by atoms with E-state index in [0.717, 1.165) is 11.2 Å². The highest BCUT2D eigenvalue weighted by molar-refractivity contribution is 6.05. The summed E-state index contributed by atoms with van der Waals surface area (Å²) in [5.41, 5.74) is 10.9. The lowest BCUT2D eigenvalue weighted by molar-refractivity contribution is 1.32. The Morgan fingerprint density at radius 3 is 2.31 bits per heavy atom. The van der Waals surface area contributed by atoms with E-state index >= 15 is 0 Å². The zero-order chi connectivity index (χ0) is 17.7. The van der Waals surface area contributed by atoms with Crippen LogP contribution in [0.25, 0.3) is 45.4 Å². The van der Waals surface area contributed by atoms with Gasteiger partial charge < -0.3 is 0 Å². The number of aromatic nitrogens is 1. The standard InChI is InChI=1S/C25H19N/c1-16-9-11-18(12-10-16)20-6-3-7-21(15-20)25-17(2)22-14-13-19-5-4-8-23(26-25)24(19)22/h3-15H,1-2H3. The topological polar surface area (TPSA) is 12.9 Å². The zero-order valence-corrected chi connectivity index (χ0v) is 15.0. The first-order valence-electron chi connectivity index (χ1n) is 8.99. The highest BCUT2D eigenvalue weighted by atomic mass is 14.7. The van der Waals surface area contributed by atoms with Gasteiger partial charge in [-0.05, 0) is 53.8 Å². The monoisotopic (exact) mass is 333 g/mol. The molecule has 1 nitrogen and oxygen atoms in total. The van der Waals surface area contributed by atoms with E-state index in [0.29, 0.717) is 0 Å². The Morgan fingerprint density at radius 1 is 0.692 bits per heavy atom. The van der Waals surface area contributed by atoms with Gasteiger partial charge >= 0.3 is 0 Å². The van der Waals surface area contributed by atoms with E-state index in [2.05, 4.69) is 92.7 Å². The maximum atomic E-state index is 5.02. The van der Waals surface area contributed by atoms with Crippen LogP contribution in [0.2, 0.25) is 0 Å². The number of nitrogens with zero attached hydrogens (tertiary/aromatic N) is 1. The highest BCUT2D eigenvalue weighted by Gasteiger charge is 2.17. The number of pyridine rings is 1. The van der Waals surface area contributed by atoms with Gasteiger partial charge in [0.2, 0.25) is 0 Å². The Hall–Kier alpha value is -3.19. The van der Waals surface area contributed by atoms with E-state index in [1.165, 1.54) is 44.3 Å². The van der Waals surface area contributed by atoms with Crippen LogP contribution >= 0.6 is 0 Å². The SMILES string of the molecule is Cc1ccc(-c2cccc(-c3nc4cccc5c4c(c3C)C=C5)c2)cc1. The van der Waals surface area contributed by atoms with Crippen molar-refractivity contribution in [2.24, 2.45) is 0 Å². The van der Waals surface area contributed by atoms with Crippen molar-refractivity contribution in [2.45, 2.75) is 13.8 Å². The molecule has 0 bridgehead atoms. The fourth-order valence-corrected chi connectivity index (χ4v) is 3.86. The summed E-state index contributed by atoms with van der Waals surface area (Å²) in [6.07, 6.45) is 4.42. The largest absolute Gasteiger partial charge is 0.247 e. The minimum atomic E-state index is 1.07. The molecule has 0 aliphatic heterocycles. The molecule has 0 saturated heterocycles. The van der Waals surface area contributed by atoms with Crippen LogP contribution in [0, 0.1) is 13.8 Å². The average Bonchev–Trinajstić information content (AvgIpc) is 3.11. The summed E-state index contributed by atoms with van der Waals surface area (Å²) in [6.45, 7) is 4.30. The first kappa shape index (κ1) is 15.1. The van der Waals surface area contributed by atoms with Crippen molar-refractivity contribution in [3.63, 3.8) is 0 Å². The second-order valence-electron chi connectivity index (χ2n) is 7.02. The Morgan fingerprint density at radius 2 is 1.46 bits per heavy atom. The Bertz CT molecular complexity index is 1180. The van der Waals surface area contributed by atoms with Crippen LogP contribution in [0.1, 0.15) is 22.3 Å². The minimum absolute atomic E-state index is 1.07. The van der Waals surface area contributed by atoms with E-state index < -0.39 is 0 Å². The number of benzene rings is 3. The van der Waals surface area contributed by atoms with Gasteiger partial charge in [0.1, 0.15) is 0 Å². The van der Waals surface area contributed by atoms with Crippen LogP contribution < -0.4 is 0 Å². The summed E-state index contributed by atoms with van der Waals surface area (Å²) in [4.78, 5) is 5.02. The van der Waals surface area contributed by atoms with Gasteiger partial charge in [0.25, 0.3) is 0 Å². The third-order valence-electron chi connectivity index (χ3n) is 5.29. The molecule has 5 rings (SSSR count). The molecule has 0 radical (unpaired) electrons. The molecule has 0 fully saturated rings. The van der Waals surface area contributed by atoms with E-state index in [-0.39, 0.29) is 0 Å². The highest BCUT2D eigenvalue weighted by Crippen LogP contribution is 2.37. The van der Waals surface area contributed by atoms with Gasteiger partial charge in [0.15, 0.2) is 0 Å². The third-order valence-corrected chi connectivity index (χ3v) is 5.29. The van der Waals surface area contributed by atoms with Crippen LogP contribution in [0.4, 0.5) is 0 Å². The molecule has 3 aromatic carbocycles. The molecule has 0 spiro atoms. The molecule has 0 atom stereocenters. The molecule has 0 amide bonds. The molecule has 0 saturated carbocycles. The second-order valence-corrected chi connectivity index (χ2v) is 7.02. The molecule has 4 aromatic rings. The van der Waals surface area contributed by atoms with Gasteiger partial charge in [0.05, 0.1) is 11.2 Å². The third kappa shape index (κ3) is 2.28. The lowest BCUT2D eigenvalue weighted by Crippen LogP contribution is -1.94. The normalized spacial score (nSPS) is 12.1. The number of hydrogen-bond acceptors (Lipinski definition) is 1. The predicted octanol–water partition coefficient (Wildman–Crippen LogP) is 6.67. The van der Waals surface area contributed by atoms with Gasteiger partial charge in [-0.25, -0.2) is 4.98 Å². The van der Waals surface area contributed by atoms with Crippen molar-refractivity contribution in [3.05, 3.63) is 89.0 Å². The minimum Gasteiger partial charge on any atom is -0.247 e. The molecule has 1 aliphatic carbocycles. The maximum absolute atomic E-state index is 5.02. The van der Waals surface area contributed by atoms with Crippen molar-refractivity contribution < 1.29 is 0 Å². The molecule has 1 heteroatoms. The number of hydrogen-bond donors (Lipinski definition) is 0. The van der Waals surface area contributed by atoms with Crippen molar-refractivity contribution in [1.29, 1.82) is 0 Å². The predicted molar refractivity (Wildman–Crippen MR) is 111 cm³/mol. The van der Waals surface area contributed by atoms with E-state index in [1.54, 1.807) is 0 Å². The second kappa shape index (κ2) is 5.67. The average molecular weight is 333 g/mol. The summed E-state index contributed by atoms with van der Waals surface area (Å²) in [6, 6.07) is 23.8. The lowest BCUT2D eigenvalue weighted by Gasteiger charge is -2.12. The van der Waals surface area contributed by atoms with Gasteiger partial charge in [-0.2, -0.15) is 0 Å². The molecule has 1 aliphatic rings. The van der Waals surface area contributed by atoms with Gasteiger partial charge in [-0.3, -0.25) is 0 Å². The summed E-state index contributed by atoms with van der Waals surface area (Å²) >= 11 is 0. The fraction of sp³-hybridized carbons (Fsp3) is 0.0800. The summed E-state index contributed by atoms with van der Waals surface area (Å²) in [7, 11) is 0. The fourth-order valence-electron chi connectivity index (χ4n) is 3.86. The van der Waals surface area contributed by atoms with Crippen molar-refractivity contribution >= 4 is 23.1 Å². The lowest BCUT2D eigenvalue weighted by atomic mass is 9.96. The van der Waals surface area contributed by atoms with E-state index in [9.17, 15) is 0 Å². The molecule has 0 N–H and O–H groups in total. The summed E-state index contributed by atoms with van der Waals surface area (Å²) < 4.78 is 0. The maximum Gasteiger partial charge on any atom is 0.0745 e. The number of aryl methyl sites for hydroxylation is 1. The van der Waals surface area contributed by atoms with E-state index in [4.69, 9.17) is 4.98 Å². The molecular formula is C25H19N. The Balaban J connectivity index is 1.70. The van der Waals surface area contributed by atoms with Crippen molar-refractivity contribution in [1.82, 2.24) is 4.98 Å². The van der Waals surface area contributed by atoms with Crippen LogP contribution in [0.5, 0.6) is 0 Å². The van der Waals surface area contributed by atoms with Crippen LogP contribution in [-0.2, 0) is 0 Å². The molecular weight excluding hydrogens is 314 g/mol. The van der Waals surface area contributed by atoms with Crippen LogP contribution in [-0.4, -0.2) is 4.98 Å². The van der Waals surface area contributed by atoms with E-state index in [1.807, 2.05) is 0 Å². The smallest absolute Gasteiger partial charge is 0.0745 e. The first-order valence-corrected chi connectivity index (χ1v) is 8.99.